The van der Waals surface area contributed by atoms with E-state index in [4.69, 9.17) is 10.4 Å². The zero-order valence-electron chi connectivity index (χ0n) is 8.00. The molecule has 1 aromatic carbocycles. The molecule has 1 rings (SSSR count). The second kappa shape index (κ2) is 4.77. The van der Waals surface area contributed by atoms with Crippen molar-refractivity contribution in [3.8, 4) is 6.07 Å². The minimum atomic E-state index is -3.81. The van der Waals surface area contributed by atoms with Crippen LogP contribution in [-0.2, 0) is 10.2 Å². The number of hydrogen-bond donors (Lipinski definition) is 1. The first-order valence-corrected chi connectivity index (χ1v) is 5.78. The summed E-state index contributed by atoms with van der Waals surface area (Å²) in [7, 11) is -3.81. The van der Waals surface area contributed by atoms with Crippen LogP contribution in [0.4, 0.5) is 5.69 Å². The largest absolute Gasteiger partial charge is 0.299 e. The van der Waals surface area contributed by atoms with Gasteiger partial charge < -0.3 is 0 Å². The molecule has 0 bridgehead atoms. The van der Waals surface area contributed by atoms with Crippen molar-refractivity contribution in [2.24, 2.45) is 5.14 Å². The Balaban J connectivity index is 2.98. The van der Waals surface area contributed by atoms with Gasteiger partial charge in [0.15, 0.2) is 0 Å². The van der Waals surface area contributed by atoms with Crippen molar-refractivity contribution >= 4 is 15.9 Å². The molecule has 2 N–H and O–H groups in total. The molecule has 6 heteroatoms. The summed E-state index contributed by atoms with van der Waals surface area (Å²) >= 11 is 0. The van der Waals surface area contributed by atoms with Crippen LogP contribution in [0, 0.1) is 11.3 Å². The van der Waals surface area contributed by atoms with Crippen molar-refractivity contribution in [1.82, 2.24) is 0 Å². The Morgan fingerprint density at radius 3 is 2.40 bits per heavy atom. The van der Waals surface area contributed by atoms with Gasteiger partial charge in [-0.15, -0.1) is 0 Å². The summed E-state index contributed by atoms with van der Waals surface area (Å²) < 4.78 is 23.5. The standard InChI is InChI=1S/C9H11N3O2S/c10-7-4-8-12(15(11,13)14)9-5-2-1-3-6-9/h1-3,5-6H,4,8H2,(H2,11,13,14). The number of nitrogens with zero attached hydrogens (tertiary/aromatic N) is 2. The molecule has 0 unspecified atom stereocenters. The van der Waals surface area contributed by atoms with Crippen LogP contribution in [0.15, 0.2) is 30.3 Å². The van der Waals surface area contributed by atoms with Crippen molar-refractivity contribution < 1.29 is 8.42 Å². The number of anilines is 1. The average molecular weight is 225 g/mol. The van der Waals surface area contributed by atoms with Crippen molar-refractivity contribution in [2.75, 3.05) is 10.8 Å². The van der Waals surface area contributed by atoms with E-state index in [2.05, 4.69) is 0 Å². The highest BCUT2D eigenvalue weighted by Gasteiger charge is 2.16. The Bertz CT molecular complexity index is 450. The van der Waals surface area contributed by atoms with Crippen LogP contribution in [-0.4, -0.2) is 15.0 Å². The van der Waals surface area contributed by atoms with Gasteiger partial charge in [0.25, 0.3) is 10.2 Å². The molecule has 0 aliphatic rings. The van der Waals surface area contributed by atoms with Gasteiger partial charge in [0, 0.05) is 6.54 Å². The summed E-state index contributed by atoms with van der Waals surface area (Å²) in [5.74, 6) is 0. The molecule has 0 fully saturated rings. The third kappa shape index (κ3) is 3.23. The van der Waals surface area contributed by atoms with E-state index in [9.17, 15) is 8.42 Å². The number of nitrogens with two attached hydrogens (primary N) is 1. The van der Waals surface area contributed by atoms with Crippen LogP contribution in [0.25, 0.3) is 0 Å². The topological polar surface area (TPSA) is 87.2 Å². The van der Waals surface area contributed by atoms with Gasteiger partial charge in [0.2, 0.25) is 0 Å². The number of benzene rings is 1. The number of rotatable bonds is 4. The third-order valence-electron chi connectivity index (χ3n) is 1.78. The van der Waals surface area contributed by atoms with Gasteiger partial charge in [-0.1, -0.05) is 18.2 Å². The van der Waals surface area contributed by atoms with E-state index < -0.39 is 10.2 Å². The lowest BCUT2D eigenvalue weighted by Crippen LogP contribution is -2.37. The first-order valence-electron chi connectivity index (χ1n) is 4.28. The highest BCUT2D eigenvalue weighted by atomic mass is 32.2. The molecular formula is C9H11N3O2S. The highest BCUT2D eigenvalue weighted by molar-refractivity contribution is 7.90. The summed E-state index contributed by atoms with van der Waals surface area (Å²) in [6, 6.07) is 10.3. The predicted molar refractivity (Wildman–Crippen MR) is 57.1 cm³/mol. The molecule has 15 heavy (non-hydrogen) atoms. The number of nitriles is 1. The lowest BCUT2D eigenvalue weighted by Gasteiger charge is -2.20. The SMILES string of the molecule is N#CCCN(c1ccccc1)S(N)(=O)=O. The van der Waals surface area contributed by atoms with Crippen LogP contribution in [0.5, 0.6) is 0 Å². The molecule has 0 saturated heterocycles. The van der Waals surface area contributed by atoms with Crippen LogP contribution in [0.2, 0.25) is 0 Å². The molecule has 0 saturated carbocycles. The molecule has 0 radical (unpaired) electrons. The molecule has 80 valence electrons. The van der Waals surface area contributed by atoms with Gasteiger partial charge in [0.05, 0.1) is 18.2 Å². The van der Waals surface area contributed by atoms with E-state index >= 15 is 0 Å². The summed E-state index contributed by atoms with van der Waals surface area (Å²) in [5, 5.41) is 13.5. The molecule has 0 spiro atoms. The van der Waals surface area contributed by atoms with Crippen LogP contribution in [0.3, 0.4) is 0 Å². The molecule has 1 aromatic rings. The smallest absolute Gasteiger partial charge is 0.257 e. The van der Waals surface area contributed by atoms with Gasteiger partial charge in [-0.3, -0.25) is 4.31 Å². The normalized spacial score (nSPS) is 10.7. The maximum Gasteiger partial charge on any atom is 0.299 e. The molecule has 0 atom stereocenters. The van der Waals surface area contributed by atoms with E-state index in [0.717, 1.165) is 4.31 Å². The Morgan fingerprint density at radius 2 is 1.93 bits per heavy atom. The zero-order valence-corrected chi connectivity index (χ0v) is 8.81. The van der Waals surface area contributed by atoms with Crippen LogP contribution >= 0.6 is 0 Å². The Kier molecular flexibility index (Phi) is 3.66. The summed E-state index contributed by atoms with van der Waals surface area (Å²) in [6.45, 7) is 0.0688. The fourth-order valence-corrected chi connectivity index (χ4v) is 1.91. The van der Waals surface area contributed by atoms with Crippen LogP contribution in [0.1, 0.15) is 6.42 Å². The molecule has 0 aliphatic heterocycles. The predicted octanol–water partition coefficient (Wildman–Crippen LogP) is 0.610. The third-order valence-corrected chi connectivity index (χ3v) is 2.79. The fourth-order valence-electron chi connectivity index (χ4n) is 1.15. The second-order valence-electron chi connectivity index (χ2n) is 2.86. The zero-order chi connectivity index (χ0) is 11.3. The molecule has 0 aromatic heterocycles. The molecule has 0 amide bonds. The molecule has 0 aliphatic carbocycles. The quantitative estimate of drug-likeness (QED) is 0.814. The second-order valence-corrected chi connectivity index (χ2v) is 4.33. The van der Waals surface area contributed by atoms with Crippen LogP contribution < -0.4 is 9.44 Å². The molecule has 5 nitrogen and oxygen atoms in total. The summed E-state index contributed by atoms with van der Waals surface area (Å²) in [4.78, 5) is 0. The highest BCUT2D eigenvalue weighted by Crippen LogP contribution is 2.15. The minimum absolute atomic E-state index is 0.0688. The van der Waals surface area contributed by atoms with E-state index in [1.165, 1.54) is 0 Å². The van der Waals surface area contributed by atoms with E-state index in [-0.39, 0.29) is 13.0 Å². The number of para-hydroxylation sites is 1. The summed E-state index contributed by atoms with van der Waals surface area (Å²) in [6.07, 6.45) is 0.103. The lowest BCUT2D eigenvalue weighted by molar-refractivity contribution is 0.592. The first-order chi connectivity index (χ1) is 7.05. The van der Waals surface area contributed by atoms with Crippen molar-refractivity contribution in [2.45, 2.75) is 6.42 Å². The average Bonchev–Trinajstić information content (AvgIpc) is 2.18. The van der Waals surface area contributed by atoms with Crippen molar-refractivity contribution in [3.05, 3.63) is 30.3 Å². The van der Waals surface area contributed by atoms with Gasteiger partial charge in [-0.2, -0.15) is 13.7 Å². The molecule has 0 heterocycles. The lowest BCUT2D eigenvalue weighted by atomic mass is 10.3. The first kappa shape index (κ1) is 11.5. The van der Waals surface area contributed by atoms with E-state index in [1.807, 2.05) is 6.07 Å². The van der Waals surface area contributed by atoms with Gasteiger partial charge in [0.1, 0.15) is 0 Å². The number of hydrogen-bond acceptors (Lipinski definition) is 3. The Morgan fingerprint density at radius 1 is 1.33 bits per heavy atom. The Labute approximate surface area is 88.9 Å². The Hall–Kier alpha value is -1.58. The van der Waals surface area contributed by atoms with Gasteiger partial charge in [-0.25, -0.2) is 5.14 Å². The maximum atomic E-state index is 11.2. The van der Waals surface area contributed by atoms with Crippen molar-refractivity contribution in [3.63, 3.8) is 0 Å². The van der Waals surface area contributed by atoms with E-state index in [0.29, 0.717) is 5.69 Å². The maximum absolute atomic E-state index is 11.2. The van der Waals surface area contributed by atoms with Gasteiger partial charge in [-0.05, 0) is 12.1 Å². The van der Waals surface area contributed by atoms with E-state index in [1.54, 1.807) is 30.3 Å². The minimum Gasteiger partial charge on any atom is -0.257 e. The van der Waals surface area contributed by atoms with Crippen molar-refractivity contribution in [1.29, 1.82) is 5.26 Å². The molecular weight excluding hydrogens is 214 g/mol. The van der Waals surface area contributed by atoms with Gasteiger partial charge >= 0.3 is 0 Å². The summed E-state index contributed by atoms with van der Waals surface area (Å²) in [5.41, 5.74) is 0.468. The fraction of sp³-hybridized carbons (Fsp3) is 0.222. The monoisotopic (exact) mass is 225 g/mol.